The summed E-state index contributed by atoms with van der Waals surface area (Å²) in [7, 11) is 0. The van der Waals surface area contributed by atoms with Gasteiger partial charge in [-0.2, -0.15) is 0 Å². The molecule has 0 aromatic heterocycles. The first-order valence-corrected chi connectivity index (χ1v) is 49.7. The molecule has 0 saturated carbocycles. The molecule has 3 rings (SSSR count). The first-order chi connectivity index (χ1) is 57.3. The minimum absolute atomic E-state index is 0.232. The largest absolute Gasteiger partial charge is 0.394 e. The van der Waals surface area contributed by atoms with Gasteiger partial charge in [0.15, 0.2) is 18.9 Å². The predicted octanol–water partition coefficient (Wildman–Crippen LogP) is 20.5. The number of amides is 1. The Morgan fingerprint density at radius 3 is 0.880 bits per heavy atom. The Bertz CT molecular complexity index is 2240. The molecule has 690 valence electrons. The molecule has 0 radical (unpaired) electrons. The minimum atomic E-state index is -1.97. The van der Waals surface area contributed by atoms with Gasteiger partial charge in [0.25, 0.3) is 0 Å². The van der Waals surface area contributed by atoms with E-state index in [1.807, 2.05) is 0 Å². The van der Waals surface area contributed by atoms with Crippen LogP contribution >= 0.6 is 0 Å². The smallest absolute Gasteiger partial charge is 0.220 e. The third-order valence-electron chi connectivity index (χ3n) is 25.0. The Morgan fingerprint density at radius 2 is 0.564 bits per heavy atom. The predicted molar refractivity (Wildman–Crippen MR) is 476 cm³/mol. The van der Waals surface area contributed by atoms with Crippen molar-refractivity contribution in [1.29, 1.82) is 0 Å². The monoisotopic (exact) mass is 1660 g/mol. The molecular weight excluding hydrogens is 1480 g/mol. The highest BCUT2D eigenvalue weighted by molar-refractivity contribution is 5.76. The summed E-state index contributed by atoms with van der Waals surface area (Å²) in [5.41, 5.74) is 0. The van der Waals surface area contributed by atoms with E-state index in [0.29, 0.717) is 12.8 Å². The number of allylic oxidation sites excluding steroid dienone is 6. The highest BCUT2D eigenvalue weighted by Crippen LogP contribution is 2.34. The Kier molecular flexibility index (Phi) is 72.4. The van der Waals surface area contributed by atoms with Gasteiger partial charge in [-0.3, -0.25) is 4.79 Å². The topological polar surface area (TPSA) is 307 Å². The van der Waals surface area contributed by atoms with Crippen molar-refractivity contribution in [2.24, 2.45) is 0 Å². The third-order valence-corrected chi connectivity index (χ3v) is 25.0. The van der Waals surface area contributed by atoms with Gasteiger partial charge in [0, 0.05) is 6.42 Å². The van der Waals surface area contributed by atoms with Crippen molar-refractivity contribution in [3.8, 4) is 0 Å². The van der Waals surface area contributed by atoms with Gasteiger partial charge in [0.1, 0.15) is 73.2 Å². The second-order valence-electron chi connectivity index (χ2n) is 35.6. The average molecular weight is 1670 g/mol. The van der Waals surface area contributed by atoms with Gasteiger partial charge in [-0.05, 0) is 51.4 Å². The number of unbranched alkanes of at least 4 members (excludes halogenated alkanes) is 61. The van der Waals surface area contributed by atoms with Gasteiger partial charge in [-0.1, -0.05) is 429 Å². The molecule has 17 unspecified atom stereocenters. The average Bonchev–Trinajstić information content (AvgIpc) is 0.777. The lowest BCUT2D eigenvalue weighted by atomic mass is 9.96. The zero-order valence-corrected chi connectivity index (χ0v) is 75.0. The van der Waals surface area contributed by atoms with Crippen LogP contribution < -0.4 is 5.32 Å². The molecular formula is C98H185NO18. The van der Waals surface area contributed by atoms with Crippen LogP contribution in [0, 0.1) is 0 Å². The van der Waals surface area contributed by atoms with Crippen molar-refractivity contribution in [3.63, 3.8) is 0 Å². The van der Waals surface area contributed by atoms with E-state index in [4.69, 9.17) is 28.4 Å². The Balaban J connectivity index is 1.28. The summed E-state index contributed by atoms with van der Waals surface area (Å²) in [6, 6.07) is -0.888. The second kappa shape index (κ2) is 77.6. The molecule has 0 aromatic carbocycles. The maximum Gasteiger partial charge on any atom is 0.220 e. The van der Waals surface area contributed by atoms with Crippen LogP contribution in [0.4, 0.5) is 0 Å². The van der Waals surface area contributed by atoms with Gasteiger partial charge in [0.05, 0.1) is 38.6 Å². The summed E-state index contributed by atoms with van der Waals surface area (Å²) in [4.78, 5) is 13.6. The fourth-order valence-corrected chi connectivity index (χ4v) is 17.1. The number of nitrogens with one attached hydrogen (secondary N) is 1. The SMILES string of the molecule is CCCCCCC/C=C\C/C=C\C/C=C\CCCCCCCCCCCCCCCCCCCCCCCCCCC(=O)NC(COC1OC(CO)C(OC2OC(CO)C(OC3OC(CO)C(O)C(O)C3O)C(O)C2O)C(O)C1O)C(O)CCCCCCCCCCCCCCCCCCCCCCCCCCCCCCCCCCC. The van der Waals surface area contributed by atoms with Crippen LogP contribution in [0.5, 0.6) is 0 Å². The Morgan fingerprint density at radius 1 is 0.308 bits per heavy atom. The summed E-state index contributed by atoms with van der Waals surface area (Å²) in [6.07, 6.45) is 74.3. The third kappa shape index (κ3) is 55.2. The van der Waals surface area contributed by atoms with Crippen LogP contribution in [0.1, 0.15) is 450 Å². The van der Waals surface area contributed by atoms with E-state index in [1.54, 1.807) is 0 Å². The number of hydrogen-bond donors (Lipinski definition) is 12. The van der Waals surface area contributed by atoms with E-state index < -0.39 is 124 Å². The molecule has 117 heavy (non-hydrogen) atoms. The summed E-state index contributed by atoms with van der Waals surface area (Å²) >= 11 is 0. The molecule has 19 heteroatoms. The standard InChI is InChI=1S/C98H185NO18/c1-3-5-7-9-11-13-15-17-19-21-23-25-27-29-31-33-35-37-38-39-40-41-42-44-46-48-50-52-54-56-58-60-62-64-66-68-70-72-74-76-86(104)99-81(82(103)75-73-71-69-67-65-63-61-59-57-55-53-51-49-47-45-43-36-34-32-30-28-26-24-22-20-18-16-14-12-10-8-6-4-2)80-112-96-92(110)89(107)94(84(78-101)114-96)117-98-93(111)90(108)95(85(79-102)115-98)116-97-91(109)88(106)87(105)83(77-100)113-97/h15,17,21,23,27,29,81-85,87-98,100-103,105-111H,3-14,16,18-20,22,24-26,28,30-80H2,1-2H3,(H,99,104)/b17-15-,23-21-,29-27-. The molecule has 3 saturated heterocycles. The molecule has 3 aliphatic heterocycles. The van der Waals surface area contributed by atoms with E-state index in [0.717, 1.165) is 57.8 Å². The Labute approximate surface area is 714 Å². The normalized spacial score (nSPS) is 24.5. The lowest BCUT2D eigenvalue weighted by molar-refractivity contribution is -0.379. The second-order valence-corrected chi connectivity index (χ2v) is 35.6. The zero-order valence-electron chi connectivity index (χ0n) is 75.0. The molecule has 17 atom stereocenters. The molecule has 3 heterocycles. The van der Waals surface area contributed by atoms with Crippen molar-refractivity contribution >= 4 is 5.91 Å². The van der Waals surface area contributed by atoms with Crippen molar-refractivity contribution in [1.82, 2.24) is 5.32 Å². The van der Waals surface area contributed by atoms with Crippen molar-refractivity contribution < 1.29 is 89.4 Å². The van der Waals surface area contributed by atoms with Crippen molar-refractivity contribution in [3.05, 3.63) is 36.5 Å². The highest BCUT2D eigenvalue weighted by atomic mass is 16.8. The van der Waals surface area contributed by atoms with E-state index >= 15 is 0 Å². The molecule has 0 bridgehead atoms. The Hall–Kier alpha value is -1.99. The zero-order chi connectivity index (χ0) is 84.5. The molecule has 0 spiro atoms. The first kappa shape index (κ1) is 109. The lowest BCUT2D eigenvalue weighted by Gasteiger charge is -2.48. The van der Waals surface area contributed by atoms with Gasteiger partial charge < -0.3 is 89.9 Å². The van der Waals surface area contributed by atoms with Gasteiger partial charge >= 0.3 is 0 Å². The highest BCUT2D eigenvalue weighted by Gasteiger charge is 2.54. The van der Waals surface area contributed by atoms with E-state index in [9.17, 15) is 61.0 Å². The first-order valence-electron chi connectivity index (χ1n) is 49.7. The molecule has 12 N–H and O–H groups in total. The van der Waals surface area contributed by atoms with Crippen LogP contribution in [0.3, 0.4) is 0 Å². The lowest BCUT2D eigenvalue weighted by Crippen LogP contribution is -2.66. The van der Waals surface area contributed by atoms with Crippen LogP contribution in [0.15, 0.2) is 36.5 Å². The van der Waals surface area contributed by atoms with Crippen molar-refractivity contribution in [2.45, 2.75) is 555 Å². The van der Waals surface area contributed by atoms with E-state index in [2.05, 4.69) is 55.6 Å². The van der Waals surface area contributed by atoms with E-state index in [1.165, 1.54) is 360 Å². The number of carbonyl (C=O) groups excluding carboxylic acids is 1. The molecule has 3 aliphatic rings. The number of aliphatic hydroxyl groups excluding tert-OH is 11. The van der Waals surface area contributed by atoms with Crippen LogP contribution in [0.2, 0.25) is 0 Å². The summed E-state index contributed by atoms with van der Waals surface area (Å²) < 4.78 is 34.7. The summed E-state index contributed by atoms with van der Waals surface area (Å²) in [5.74, 6) is -0.232. The van der Waals surface area contributed by atoms with Crippen molar-refractivity contribution in [2.75, 3.05) is 26.4 Å². The van der Waals surface area contributed by atoms with E-state index in [-0.39, 0.29) is 18.9 Å². The molecule has 0 aliphatic carbocycles. The number of carbonyl (C=O) groups is 1. The fourth-order valence-electron chi connectivity index (χ4n) is 17.1. The fraction of sp³-hybridized carbons (Fsp3) is 0.929. The van der Waals surface area contributed by atoms with Crippen LogP contribution in [-0.2, 0) is 33.2 Å². The summed E-state index contributed by atoms with van der Waals surface area (Å²) in [5, 5.41) is 122. The van der Waals surface area contributed by atoms with Gasteiger partial charge in [-0.25, -0.2) is 0 Å². The molecule has 19 nitrogen and oxygen atoms in total. The molecule has 0 aromatic rings. The van der Waals surface area contributed by atoms with Gasteiger partial charge in [0.2, 0.25) is 5.91 Å². The number of hydrogen-bond acceptors (Lipinski definition) is 18. The van der Waals surface area contributed by atoms with Crippen LogP contribution in [0.25, 0.3) is 0 Å². The number of aliphatic hydroxyl groups is 11. The quantitative estimate of drug-likeness (QED) is 0.0199. The minimum Gasteiger partial charge on any atom is -0.394 e. The summed E-state index contributed by atoms with van der Waals surface area (Å²) in [6.45, 7) is 1.87. The number of ether oxygens (including phenoxy) is 6. The maximum atomic E-state index is 13.6. The molecule has 3 fully saturated rings. The maximum absolute atomic E-state index is 13.6. The van der Waals surface area contributed by atoms with Crippen LogP contribution in [-0.4, -0.2) is 193 Å². The molecule has 1 amide bonds. The van der Waals surface area contributed by atoms with Gasteiger partial charge in [-0.15, -0.1) is 0 Å². The number of rotatable bonds is 83.